The standard InChI is InChI=1S/C13H18BrNO3S/c1-9-6-11(7-10(2)13(9)14)15-19(16,17)8-12-4-3-5-18-12/h6-7,12,15H,3-5,8H2,1-2H3. The maximum absolute atomic E-state index is 12.1. The van der Waals surface area contributed by atoms with E-state index < -0.39 is 10.0 Å². The second kappa shape index (κ2) is 5.81. The second-order valence-corrected chi connectivity index (χ2v) is 7.50. The Balaban J connectivity index is 2.11. The van der Waals surface area contributed by atoms with E-state index in [1.165, 1.54) is 0 Å². The molecular weight excluding hydrogens is 330 g/mol. The first kappa shape index (κ1) is 14.8. The van der Waals surface area contributed by atoms with Gasteiger partial charge in [0.2, 0.25) is 10.0 Å². The van der Waals surface area contributed by atoms with Crippen molar-refractivity contribution in [1.82, 2.24) is 0 Å². The molecule has 1 saturated heterocycles. The Morgan fingerprint density at radius 3 is 2.53 bits per heavy atom. The minimum absolute atomic E-state index is 0.0289. The largest absolute Gasteiger partial charge is 0.377 e. The molecule has 0 saturated carbocycles. The van der Waals surface area contributed by atoms with Crippen molar-refractivity contribution in [3.05, 3.63) is 27.7 Å². The first-order valence-corrected chi connectivity index (χ1v) is 8.71. The summed E-state index contributed by atoms with van der Waals surface area (Å²) in [5, 5.41) is 0. The van der Waals surface area contributed by atoms with Gasteiger partial charge in [-0.15, -0.1) is 0 Å². The van der Waals surface area contributed by atoms with Gasteiger partial charge in [-0.1, -0.05) is 15.9 Å². The number of sulfonamides is 1. The fraction of sp³-hybridized carbons (Fsp3) is 0.538. The fourth-order valence-corrected chi connectivity index (χ4v) is 3.79. The number of hydrogen-bond donors (Lipinski definition) is 1. The molecule has 1 fully saturated rings. The summed E-state index contributed by atoms with van der Waals surface area (Å²) in [6.07, 6.45) is 1.59. The Labute approximate surface area is 122 Å². The summed E-state index contributed by atoms with van der Waals surface area (Å²) in [5.74, 6) is 0.0289. The zero-order chi connectivity index (χ0) is 14.0. The number of aryl methyl sites for hydroxylation is 2. The minimum atomic E-state index is -3.35. The van der Waals surface area contributed by atoms with Crippen LogP contribution in [-0.4, -0.2) is 26.9 Å². The van der Waals surface area contributed by atoms with E-state index in [1.54, 1.807) is 0 Å². The molecule has 1 N–H and O–H groups in total. The van der Waals surface area contributed by atoms with Gasteiger partial charge >= 0.3 is 0 Å². The molecule has 1 aromatic rings. The Morgan fingerprint density at radius 2 is 2.00 bits per heavy atom. The third-order valence-corrected chi connectivity index (χ3v) is 5.75. The molecule has 0 radical (unpaired) electrons. The molecule has 0 amide bonds. The molecule has 0 aliphatic carbocycles. The Morgan fingerprint density at radius 1 is 1.37 bits per heavy atom. The molecule has 1 aromatic carbocycles. The lowest BCUT2D eigenvalue weighted by atomic mass is 10.1. The molecule has 106 valence electrons. The van der Waals surface area contributed by atoms with Gasteiger partial charge in [-0.05, 0) is 49.9 Å². The average Bonchev–Trinajstić information content (AvgIpc) is 2.77. The number of benzene rings is 1. The fourth-order valence-electron chi connectivity index (χ4n) is 2.25. The molecule has 0 aromatic heterocycles. The van der Waals surface area contributed by atoms with E-state index in [4.69, 9.17) is 4.74 Å². The molecular formula is C13H18BrNO3S. The summed E-state index contributed by atoms with van der Waals surface area (Å²) in [6, 6.07) is 3.65. The van der Waals surface area contributed by atoms with Gasteiger partial charge in [-0.2, -0.15) is 0 Å². The van der Waals surface area contributed by atoms with Gasteiger partial charge in [-0.25, -0.2) is 8.42 Å². The van der Waals surface area contributed by atoms with Crippen molar-refractivity contribution in [2.24, 2.45) is 0 Å². The van der Waals surface area contributed by atoms with Crippen LogP contribution in [-0.2, 0) is 14.8 Å². The van der Waals surface area contributed by atoms with Crippen molar-refractivity contribution < 1.29 is 13.2 Å². The molecule has 1 aliphatic heterocycles. The average molecular weight is 348 g/mol. The van der Waals surface area contributed by atoms with Crippen molar-refractivity contribution in [1.29, 1.82) is 0 Å². The zero-order valence-electron chi connectivity index (χ0n) is 11.1. The van der Waals surface area contributed by atoms with Crippen molar-refractivity contribution in [2.75, 3.05) is 17.1 Å². The molecule has 19 heavy (non-hydrogen) atoms. The zero-order valence-corrected chi connectivity index (χ0v) is 13.5. The first-order chi connectivity index (χ1) is 8.87. The van der Waals surface area contributed by atoms with Gasteiger partial charge in [-0.3, -0.25) is 4.72 Å². The minimum Gasteiger partial charge on any atom is -0.377 e. The van der Waals surface area contributed by atoms with Crippen LogP contribution in [0.25, 0.3) is 0 Å². The molecule has 1 unspecified atom stereocenters. The Bertz CT molecular complexity index is 542. The highest BCUT2D eigenvalue weighted by atomic mass is 79.9. The lowest BCUT2D eigenvalue weighted by molar-refractivity contribution is 0.127. The maximum Gasteiger partial charge on any atom is 0.235 e. The highest BCUT2D eigenvalue weighted by molar-refractivity contribution is 9.10. The summed E-state index contributed by atoms with van der Waals surface area (Å²) < 4.78 is 33.1. The van der Waals surface area contributed by atoms with E-state index in [9.17, 15) is 8.42 Å². The summed E-state index contributed by atoms with van der Waals surface area (Å²) in [4.78, 5) is 0. The van der Waals surface area contributed by atoms with Crippen LogP contribution in [0.2, 0.25) is 0 Å². The highest BCUT2D eigenvalue weighted by Gasteiger charge is 2.23. The van der Waals surface area contributed by atoms with Gasteiger partial charge in [0.1, 0.15) is 0 Å². The lowest BCUT2D eigenvalue weighted by Gasteiger charge is -2.13. The van der Waals surface area contributed by atoms with E-state index >= 15 is 0 Å². The normalized spacial score (nSPS) is 19.6. The number of hydrogen-bond acceptors (Lipinski definition) is 3. The number of ether oxygens (including phenoxy) is 1. The van der Waals surface area contributed by atoms with Crippen LogP contribution >= 0.6 is 15.9 Å². The Kier molecular flexibility index (Phi) is 4.53. The number of anilines is 1. The van der Waals surface area contributed by atoms with Crippen LogP contribution in [0.4, 0.5) is 5.69 Å². The number of nitrogens with one attached hydrogen (secondary N) is 1. The first-order valence-electron chi connectivity index (χ1n) is 6.26. The molecule has 6 heteroatoms. The molecule has 1 atom stereocenters. The van der Waals surface area contributed by atoms with E-state index in [1.807, 2.05) is 26.0 Å². The third kappa shape index (κ3) is 3.94. The van der Waals surface area contributed by atoms with E-state index in [-0.39, 0.29) is 11.9 Å². The number of halogens is 1. The highest BCUT2D eigenvalue weighted by Crippen LogP contribution is 2.26. The van der Waals surface area contributed by atoms with Gasteiger partial charge in [0, 0.05) is 16.8 Å². The molecule has 0 bridgehead atoms. The summed E-state index contributed by atoms with van der Waals surface area (Å²) in [6.45, 7) is 4.54. The monoisotopic (exact) mass is 347 g/mol. The van der Waals surface area contributed by atoms with Crippen LogP contribution < -0.4 is 4.72 Å². The van der Waals surface area contributed by atoms with Gasteiger partial charge in [0.15, 0.2) is 0 Å². The van der Waals surface area contributed by atoms with Crippen LogP contribution in [0.1, 0.15) is 24.0 Å². The summed E-state index contributed by atoms with van der Waals surface area (Å²) in [7, 11) is -3.35. The predicted molar refractivity (Wildman–Crippen MR) is 80.0 cm³/mol. The third-order valence-electron chi connectivity index (χ3n) is 3.14. The van der Waals surface area contributed by atoms with E-state index in [2.05, 4.69) is 20.7 Å². The van der Waals surface area contributed by atoms with Crippen LogP contribution in [0, 0.1) is 13.8 Å². The van der Waals surface area contributed by atoms with E-state index in [0.29, 0.717) is 12.3 Å². The van der Waals surface area contributed by atoms with Crippen molar-refractivity contribution in [2.45, 2.75) is 32.8 Å². The quantitative estimate of drug-likeness (QED) is 0.910. The van der Waals surface area contributed by atoms with Crippen molar-refractivity contribution >= 4 is 31.6 Å². The van der Waals surface area contributed by atoms with Crippen LogP contribution in [0.5, 0.6) is 0 Å². The van der Waals surface area contributed by atoms with Crippen LogP contribution in [0.3, 0.4) is 0 Å². The maximum atomic E-state index is 12.1. The van der Waals surface area contributed by atoms with Crippen LogP contribution in [0.15, 0.2) is 16.6 Å². The second-order valence-electron chi connectivity index (χ2n) is 4.94. The van der Waals surface area contributed by atoms with Crippen molar-refractivity contribution in [3.63, 3.8) is 0 Å². The Hall–Kier alpha value is -0.590. The molecule has 2 rings (SSSR count). The molecule has 0 spiro atoms. The van der Waals surface area contributed by atoms with Gasteiger partial charge in [0.05, 0.1) is 11.9 Å². The van der Waals surface area contributed by atoms with E-state index in [0.717, 1.165) is 28.4 Å². The SMILES string of the molecule is Cc1cc(NS(=O)(=O)CC2CCCO2)cc(C)c1Br. The molecule has 4 nitrogen and oxygen atoms in total. The smallest absolute Gasteiger partial charge is 0.235 e. The lowest BCUT2D eigenvalue weighted by Crippen LogP contribution is -2.25. The van der Waals surface area contributed by atoms with Gasteiger partial charge in [0.25, 0.3) is 0 Å². The van der Waals surface area contributed by atoms with Gasteiger partial charge < -0.3 is 4.74 Å². The van der Waals surface area contributed by atoms with Crippen molar-refractivity contribution in [3.8, 4) is 0 Å². The number of rotatable bonds is 4. The molecule has 1 aliphatic rings. The topological polar surface area (TPSA) is 55.4 Å². The summed E-state index contributed by atoms with van der Waals surface area (Å²) in [5.41, 5.74) is 2.63. The predicted octanol–water partition coefficient (Wildman–Crippen LogP) is 2.99. The summed E-state index contributed by atoms with van der Waals surface area (Å²) >= 11 is 3.47. The molecule has 1 heterocycles.